The van der Waals surface area contributed by atoms with Crippen LogP contribution in [-0.4, -0.2) is 60.0 Å². The monoisotopic (exact) mass is 610 g/mol. The lowest BCUT2D eigenvalue weighted by molar-refractivity contribution is -0.457. The summed E-state index contributed by atoms with van der Waals surface area (Å²) in [6.45, 7) is 0. The van der Waals surface area contributed by atoms with Crippen molar-refractivity contribution in [2.75, 3.05) is 0 Å². The van der Waals surface area contributed by atoms with Gasteiger partial charge < -0.3 is 0 Å². The first kappa shape index (κ1) is 34.6. The molecule has 0 aromatic carbocycles. The molecule has 0 aromatic rings. The Bertz CT molecular complexity index is 873. The maximum atomic E-state index is 14.2. The van der Waals surface area contributed by atoms with Gasteiger partial charge in [-0.1, -0.05) is 0 Å². The van der Waals surface area contributed by atoms with Crippen LogP contribution in [0.3, 0.4) is 0 Å². The molecule has 0 spiro atoms. The van der Waals surface area contributed by atoms with Crippen LogP contribution >= 0.6 is 0 Å². The van der Waals surface area contributed by atoms with Crippen molar-refractivity contribution < 1.29 is 112 Å². The van der Waals surface area contributed by atoms with E-state index in [9.17, 15) is 102 Å². The highest BCUT2D eigenvalue weighted by atomic mass is 19.4. The first-order valence-electron chi connectivity index (χ1n) is 7.45. The van der Waals surface area contributed by atoms with Crippen LogP contribution in [0.25, 0.3) is 0 Å². The summed E-state index contributed by atoms with van der Waals surface area (Å²) < 4.78 is 287. The molecule has 0 aromatic heterocycles. The Morgan fingerprint density at radius 2 is 0.865 bits per heavy atom. The first-order chi connectivity index (χ1) is 15.8. The lowest BCUT2D eigenvalue weighted by Crippen LogP contribution is -2.72. The van der Waals surface area contributed by atoms with Crippen molar-refractivity contribution in [1.29, 1.82) is 0 Å². The van der Waals surface area contributed by atoms with Crippen LogP contribution in [0.4, 0.5) is 96.9 Å². The number of rotatable bonds is 7. The van der Waals surface area contributed by atoms with Crippen LogP contribution in [0.5, 0.6) is 0 Å². The lowest BCUT2D eigenvalue weighted by atomic mass is 9.81. The summed E-state index contributed by atoms with van der Waals surface area (Å²) in [5.74, 6) is -40.0. The van der Waals surface area contributed by atoms with Gasteiger partial charge in [0.2, 0.25) is 0 Å². The standard InChI is InChI=1S/C12F22O3/c13-4(14,8(21,22)7(20,10(24,25)26)11(27,28)29)2(1(3(35)36-33)6(17,18)19)5(15,16)9(23,37-34)12(30,31)32. The zero-order valence-corrected chi connectivity index (χ0v) is 15.5. The molecule has 0 radical (unpaired) electrons. The van der Waals surface area contributed by atoms with Crippen LogP contribution in [0, 0.1) is 0 Å². The second kappa shape index (κ2) is 9.13. The van der Waals surface area contributed by atoms with Crippen molar-refractivity contribution in [3.05, 3.63) is 11.1 Å². The van der Waals surface area contributed by atoms with Gasteiger partial charge in [-0.15, -0.1) is 4.94 Å². The average molecular weight is 610 g/mol. The molecule has 0 heterocycles. The van der Waals surface area contributed by atoms with Gasteiger partial charge in [-0.2, -0.15) is 83.4 Å². The van der Waals surface area contributed by atoms with Gasteiger partial charge in [0.25, 0.3) is 0 Å². The summed E-state index contributed by atoms with van der Waals surface area (Å²) in [6, 6.07) is 0. The maximum Gasteiger partial charge on any atom is 0.458 e. The minimum atomic E-state index is -9.26. The Labute approximate surface area is 184 Å². The molecule has 37 heavy (non-hydrogen) atoms. The zero-order chi connectivity index (χ0) is 30.6. The van der Waals surface area contributed by atoms with E-state index in [1.807, 2.05) is 0 Å². The quantitative estimate of drug-likeness (QED) is 0.227. The van der Waals surface area contributed by atoms with Gasteiger partial charge in [-0.05, 0) is 4.53 Å². The van der Waals surface area contributed by atoms with Gasteiger partial charge in [0.1, 0.15) is 0 Å². The Hall–Kier alpha value is -2.37. The Morgan fingerprint density at radius 3 is 1.08 bits per heavy atom. The van der Waals surface area contributed by atoms with Gasteiger partial charge in [-0.25, -0.2) is 14.1 Å². The third-order valence-electron chi connectivity index (χ3n) is 3.92. The van der Waals surface area contributed by atoms with E-state index in [2.05, 4.69) is 0 Å². The van der Waals surface area contributed by atoms with Crippen molar-refractivity contribution in [2.24, 2.45) is 0 Å². The lowest BCUT2D eigenvalue weighted by Gasteiger charge is -2.43. The molecular formula is C12F22O3. The predicted octanol–water partition coefficient (Wildman–Crippen LogP) is 7.14. The van der Waals surface area contributed by atoms with E-state index in [0.29, 0.717) is 0 Å². The highest BCUT2D eigenvalue weighted by Gasteiger charge is 2.93. The van der Waals surface area contributed by atoms with Crippen molar-refractivity contribution in [1.82, 2.24) is 0 Å². The maximum absolute atomic E-state index is 14.2. The summed E-state index contributed by atoms with van der Waals surface area (Å²) >= 11 is 0. The third-order valence-corrected chi connectivity index (χ3v) is 3.92. The largest absolute Gasteiger partial charge is 0.458 e. The molecule has 1 atom stereocenters. The van der Waals surface area contributed by atoms with Gasteiger partial charge in [-0.3, -0.25) is 0 Å². The molecule has 25 heteroatoms. The van der Waals surface area contributed by atoms with Crippen LogP contribution in [0.1, 0.15) is 0 Å². The molecule has 220 valence electrons. The van der Waals surface area contributed by atoms with Gasteiger partial charge >= 0.3 is 60.0 Å². The van der Waals surface area contributed by atoms with E-state index in [1.54, 1.807) is 0 Å². The second-order valence-electron chi connectivity index (χ2n) is 6.16. The molecule has 0 N–H and O–H groups in total. The molecule has 0 rings (SSSR count). The fourth-order valence-electron chi connectivity index (χ4n) is 2.23. The normalized spacial score (nSPS) is 17.8. The van der Waals surface area contributed by atoms with E-state index in [0.717, 1.165) is 4.94 Å². The van der Waals surface area contributed by atoms with Gasteiger partial charge in [0, 0.05) is 4.53 Å². The van der Waals surface area contributed by atoms with E-state index < -0.39 is 71.1 Å². The van der Waals surface area contributed by atoms with E-state index in [4.69, 9.17) is 0 Å². The van der Waals surface area contributed by atoms with E-state index >= 15 is 0 Å². The van der Waals surface area contributed by atoms with Gasteiger partial charge in [0.15, 0.2) is 5.57 Å². The molecule has 1 unspecified atom stereocenters. The van der Waals surface area contributed by atoms with Gasteiger partial charge in [0.05, 0.1) is 5.57 Å². The summed E-state index contributed by atoms with van der Waals surface area (Å²) in [5, 5.41) is 0. The molecule has 0 aliphatic carbocycles. The highest BCUT2D eigenvalue weighted by molar-refractivity contribution is 5.91. The minimum absolute atomic E-state index is 0.847. The first-order valence-corrected chi connectivity index (χ1v) is 7.45. The van der Waals surface area contributed by atoms with Crippen molar-refractivity contribution in [3.63, 3.8) is 0 Å². The van der Waals surface area contributed by atoms with Crippen LogP contribution < -0.4 is 0 Å². The molecule has 3 nitrogen and oxygen atoms in total. The fraction of sp³-hybridized carbons (Fsp3) is 0.750. The van der Waals surface area contributed by atoms with Crippen molar-refractivity contribution in [3.8, 4) is 0 Å². The highest BCUT2D eigenvalue weighted by Crippen LogP contribution is 2.64. The third kappa shape index (κ3) is 4.93. The van der Waals surface area contributed by atoms with E-state index in [-0.39, 0.29) is 0 Å². The SMILES string of the molecule is O=C(OF)C(=C(C(F)(F)C(F)(F)C(F)(C(F)(F)F)C(F)(F)F)C(F)(F)C(F)(OF)C(F)(F)F)C(F)(F)F. The summed E-state index contributed by atoms with van der Waals surface area (Å²) in [4.78, 5) is 13.0. The number of hydrogen-bond acceptors (Lipinski definition) is 3. The molecule has 0 aliphatic heterocycles. The zero-order valence-electron chi connectivity index (χ0n) is 15.5. The van der Waals surface area contributed by atoms with Crippen molar-refractivity contribution in [2.45, 2.75) is 54.0 Å². The van der Waals surface area contributed by atoms with Crippen LogP contribution in [-0.2, 0) is 14.7 Å². The second-order valence-corrected chi connectivity index (χ2v) is 6.16. The molecular weight excluding hydrogens is 610 g/mol. The Morgan fingerprint density at radius 1 is 0.514 bits per heavy atom. The Balaban J connectivity index is 8.47. The fourth-order valence-corrected chi connectivity index (χ4v) is 2.23. The molecule has 0 aliphatic rings. The summed E-state index contributed by atoms with van der Waals surface area (Å²) in [6.07, 6.45) is -32.9. The number of carbonyl (C=O) groups excluding carboxylic acids is 1. The summed E-state index contributed by atoms with van der Waals surface area (Å²) in [7, 11) is 0. The molecule has 0 bridgehead atoms. The topological polar surface area (TPSA) is 35.5 Å². The molecule has 0 fully saturated rings. The number of halogens is 22. The molecule has 0 amide bonds. The minimum Gasteiger partial charge on any atom is -0.249 e. The molecule has 0 saturated heterocycles. The smallest absolute Gasteiger partial charge is 0.249 e. The summed E-state index contributed by atoms with van der Waals surface area (Å²) in [5.41, 5.74) is -20.6. The van der Waals surface area contributed by atoms with E-state index in [1.165, 1.54) is 4.94 Å². The van der Waals surface area contributed by atoms with Crippen molar-refractivity contribution >= 4 is 5.97 Å². The number of hydrogen-bond donors (Lipinski definition) is 0. The average Bonchev–Trinajstić information content (AvgIpc) is 2.65. The van der Waals surface area contributed by atoms with Crippen LogP contribution in [0.15, 0.2) is 11.1 Å². The molecule has 0 saturated carbocycles. The Kier molecular flexibility index (Phi) is 8.54. The number of carbonyl (C=O) groups is 1. The van der Waals surface area contributed by atoms with Crippen LogP contribution in [0.2, 0.25) is 0 Å². The predicted molar refractivity (Wildman–Crippen MR) is 63.2 cm³/mol. The number of alkyl halides is 20.